The van der Waals surface area contributed by atoms with Gasteiger partial charge in [-0.2, -0.15) is 0 Å². The number of rotatable bonds is 3. The lowest BCUT2D eigenvalue weighted by molar-refractivity contribution is -0.339. The van der Waals surface area contributed by atoms with Crippen LogP contribution in [0.15, 0.2) is 60.8 Å². The highest BCUT2D eigenvalue weighted by molar-refractivity contribution is 5.18. The standard InChI is InChI=1S/C60H86O18/c1-29-22-42-44(25-48-54(75-42)31(3)52(64)58-55(76-48)30(2)32(4)60(78-58)20-9-21-66-60)72-46-27-51-59(5,77-47(46)23-29)50(63)26-45-36(73-51)12-7-6-11-35-37(70-45)16-17-39-38(68-35)18-19-40-43(69-39)24-49-57(74-40)53(65)56-41(71-49)13-8-10-34(67-56)15-14-33(62)28-61/h6-8,10,14-19,29-58,61-65H,9,11-13,20-28H2,1-5H3/b7-6-,15-14+/t29-,30+,31+,32+,33+,34-,35-,36+,37+,38+,39-,40-,41+,42+,43+,44-,45-,46+,47-,48+,49-,50-,51-,52+,53-,54-,55-,56+,57-,58+,59+,60-/m1/s1. The van der Waals surface area contributed by atoms with Gasteiger partial charge in [-0.1, -0.05) is 88.5 Å². The van der Waals surface area contributed by atoms with E-state index < -0.39 is 116 Å². The van der Waals surface area contributed by atoms with Crippen LogP contribution in [0, 0.1) is 23.7 Å². The molecule has 5 N–H and O–H groups in total. The summed E-state index contributed by atoms with van der Waals surface area (Å²) >= 11 is 0. The first-order valence-electron chi connectivity index (χ1n) is 29.9. The first kappa shape index (κ1) is 55.2. The maximum absolute atomic E-state index is 12.4. The summed E-state index contributed by atoms with van der Waals surface area (Å²) in [5.74, 6) is -0.520. The fourth-order valence-corrected chi connectivity index (χ4v) is 15.9. The van der Waals surface area contributed by atoms with Gasteiger partial charge in [-0.25, -0.2) is 0 Å². The van der Waals surface area contributed by atoms with Gasteiger partial charge in [0.15, 0.2) is 5.79 Å². The number of hydrogen-bond donors (Lipinski definition) is 5. The van der Waals surface area contributed by atoms with Crippen molar-refractivity contribution < 1.29 is 87.1 Å². The van der Waals surface area contributed by atoms with E-state index in [4.69, 9.17) is 61.6 Å². The van der Waals surface area contributed by atoms with Gasteiger partial charge in [-0.05, 0) is 57.3 Å². The molecule has 13 heterocycles. The summed E-state index contributed by atoms with van der Waals surface area (Å²) in [7, 11) is 0. The smallest absolute Gasteiger partial charge is 0.171 e. The van der Waals surface area contributed by atoms with Crippen LogP contribution in [0.5, 0.6) is 0 Å². The number of aliphatic hydroxyl groups excluding tert-OH is 5. The topological polar surface area (TPSA) is 221 Å². The molecule has 0 radical (unpaired) electrons. The van der Waals surface area contributed by atoms with Crippen LogP contribution in [-0.4, -0.2) is 209 Å². The molecule has 0 aromatic carbocycles. The third-order valence-corrected chi connectivity index (χ3v) is 20.6. The van der Waals surface area contributed by atoms with Crippen LogP contribution in [0.1, 0.15) is 105 Å². The molecule has 0 aromatic heterocycles. The van der Waals surface area contributed by atoms with Gasteiger partial charge >= 0.3 is 0 Å². The Kier molecular flexibility index (Phi) is 15.7. The molecule has 18 heteroatoms. The van der Waals surface area contributed by atoms with E-state index in [0.717, 1.165) is 25.7 Å². The van der Waals surface area contributed by atoms with Gasteiger partial charge in [0.2, 0.25) is 0 Å². The Morgan fingerprint density at radius 1 is 0.526 bits per heavy atom. The van der Waals surface area contributed by atoms with Gasteiger partial charge in [-0.15, -0.1) is 0 Å². The van der Waals surface area contributed by atoms with Crippen molar-refractivity contribution in [3.63, 3.8) is 0 Å². The van der Waals surface area contributed by atoms with Crippen molar-refractivity contribution in [1.29, 1.82) is 0 Å². The summed E-state index contributed by atoms with van der Waals surface area (Å²) in [4.78, 5) is 0. The second-order valence-electron chi connectivity index (χ2n) is 25.6. The van der Waals surface area contributed by atoms with Crippen molar-refractivity contribution in [2.75, 3.05) is 13.2 Å². The third kappa shape index (κ3) is 10.2. The van der Waals surface area contributed by atoms with E-state index >= 15 is 0 Å². The molecule has 1 spiro atoms. The SMILES string of the molecule is C[C@@H]1C[C@@H]2O[C@@H]3[C@@H](C)[C@H](O)[C@@H]4O[C@]5(CCCO5)[C@@H](C)[C@H](C)[C@H]4O[C@H]3C[C@H]2O[C@H]2C[C@H]3O[C@H]4C/C=C\C[C@H]5O[C@H]6C=C[C@H]7O[C@H]8[C@H](O)[C@H]9O[C@@H](/C=C/[C@H](O)CO)C=CC[C@@H]9O[C@@H]8C[C@@H]7O[C@@H]6C=C[C@@H]5O[C@@H]4C[C@@H](O)[C@]3(C)O[C@@H]2C1. The summed E-state index contributed by atoms with van der Waals surface area (Å²) in [6.45, 7) is 11.0. The first-order valence-corrected chi connectivity index (χ1v) is 29.9. The van der Waals surface area contributed by atoms with Crippen molar-refractivity contribution in [1.82, 2.24) is 0 Å². The van der Waals surface area contributed by atoms with Gasteiger partial charge in [0.25, 0.3) is 0 Å². The lowest BCUT2D eigenvalue weighted by atomic mass is 9.76. The molecule has 9 saturated heterocycles. The summed E-state index contributed by atoms with van der Waals surface area (Å²) in [6, 6.07) is 0. The number of fused-ring (bicyclic) bond motifs is 11. The Morgan fingerprint density at radius 3 is 1.94 bits per heavy atom. The normalized spacial score (nSPS) is 56.5. The zero-order chi connectivity index (χ0) is 53.8. The molecule has 0 saturated carbocycles. The Labute approximate surface area is 458 Å². The van der Waals surface area contributed by atoms with Crippen LogP contribution >= 0.6 is 0 Å². The third-order valence-electron chi connectivity index (χ3n) is 20.6. The lowest BCUT2D eigenvalue weighted by Crippen LogP contribution is -2.63. The lowest BCUT2D eigenvalue weighted by Gasteiger charge is -2.53. The molecule has 9 fully saturated rings. The van der Waals surface area contributed by atoms with Crippen molar-refractivity contribution in [3.05, 3.63) is 60.8 Å². The molecule has 18 nitrogen and oxygen atoms in total. The Balaban J connectivity index is 0.678. The van der Waals surface area contributed by atoms with Gasteiger partial charge in [0.05, 0.1) is 123 Å². The highest BCUT2D eigenvalue weighted by Crippen LogP contribution is 2.52. The van der Waals surface area contributed by atoms with E-state index in [0.29, 0.717) is 51.6 Å². The largest absolute Gasteiger partial charge is 0.393 e. The molecule has 78 heavy (non-hydrogen) atoms. The van der Waals surface area contributed by atoms with Crippen molar-refractivity contribution in [2.24, 2.45) is 23.7 Å². The summed E-state index contributed by atoms with van der Waals surface area (Å²) < 4.78 is 89.3. The Morgan fingerprint density at radius 2 is 1.15 bits per heavy atom. The molecular weight excluding hydrogens is 1010 g/mol. The van der Waals surface area contributed by atoms with Crippen molar-refractivity contribution in [3.8, 4) is 0 Å². The van der Waals surface area contributed by atoms with Crippen molar-refractivity contribution >= 4 is 0 Å². The van der Waals surface area contributed by atoms with E-state index in [1.165, 1.54) is 6.08 Å². The van der Waals surface area contributed by atoms with E-state index in [9.17, 15) is 25.5 Å². The molecule has 13 rings (SSSR count). The molecule has 13 aliphatic rings. The monoisotopic (exact) mass is 1090 g/mol. The molecule has 32 atom stereocenters. The highest BCUT2D eigenvalue weighted by Gasteiger charge is 2.62. The molecule has 0 amide bonds. The minimum absolute atomic E-state index is 0.0912. The van der Waals surface area contributed by atoms with Gasteiger partial charge in [-0.3, -0.25) is 0 Å². The van der Waals surface area contributed by atoms with Crippen LogP contribution in [0.3, 0.4) is 0 Å². The highest BCUT2D eigenvalue weighted by atomic mass is 16.7. The minimum atomic E-state index is -1.02. The molecular formula is C60H86O18. The number of aliphatic hydroxyl groups is 5. The average Bonchev–Trinajstić information content (AvgIpc) is 3.66. The summed E-state index contributed by atoms with van der Waals surface area (Å²) in [5.41, 5.74) is -1.02. The minimum Gasteiger partial charge on any atom is -0.393 e. The van der Waals surface area contributed by atoms with Crippen LogP contribution < -0.4 is 0 Å². The quantitative estimate of drug-likeness (QED) is 0.252. The van der Waals surface area contributed by atoms with Gasteiger partial charge < -0.3 is 87.1 Å². The van der Waals surface area contributed by atoms with E-state index in [2.05, 4.69) is 39.8 Å². The van der Waals surface area contributed by atoms with Crippen LogP contribution in [0.4, 0.5) is 0 Å². The second-order valence-corrected chi connectivity index (χ2v) is 25.6. The molecule has 0 unspecified atom stereocenters. The van der Waals surface area contributed by atoms with Crippen LogP contribution in [0.25, 0.3) is 0 Å². The number of ether oxygens (including phenoxy) is 13. The first-order chi connectivity index (χ1) is 37.6. The summed E-state index contributed by atoms with van der Waals surface area (Å²) in [5, 5.41) is 55.4. The fraction of sp³-hybridized carbons (Fsp3) is 0.833. The number of hydrogen-bond acceptors (Lipinski definition) is 18. The Bertz CT molecular complexity index is 2250. The second kappa shape index (κ2) is 22.2. The average molecular weight is 1100 g/mol. The predicted molar refractivity (Wildman–Crippen MR) is 278 cm³/mol. The molecule has 434 valence electrons. The maximum atomic E-state index is 12.4. The zero-order valence-corrected chi connectivity index (χ0v) is 45.8. The van der Waals surface area contributed by atoms with E-state index in [1.807, 2.05) is 43.4 Å². The van der Waals surface area contributed by atoms with E-state index in [1.54, 1.807) is 6.08 Å². The molecule has 0 bridgehead atoms. The molecule has 0 aromatic rings. The predicted octanol–water partition coefficient (Wildman–Crippen LogP) is 4.00. The van der Waals surface area contributed by atoms with Crippen molar-refractivity contribution in [2.45, 2.75) is 275 Å². The van der Waals surface area contributed by atoms with Gasteiger partial charge in [0, 0.05) is 43.9 Å². The van der Waals surface area contributed by atoms with Crippen LogP contribution in [-0.2, 0) is 61.6 Å². The van der Waals surface area contributed by atoms with E-state index in [-0.39, 0.29) is 84.7 Å². The maximum Gasteiger partial charge on any atom is 0.171 e. The molecule has 0 aliphatic carbocycles. The Hall–Kier alpha value is -2.02. The summed E-state index contributed by atoms with van der Waals surface area (Å²) in [6.07, 6.45) is 13.4. The zero-order valence-electron chi connectivity index (χ0n) is 45.8. The fourth-order valence-electron chi connectivity index (χ4n) is 15.9. The van der Waals surface area contributed by atoms with Gasteiger partial charge in [0.1, 0.15) is 54.4 Å². The van der Waals surface area contributed by atoms with Crippen LogP contribution in [0.2, 0.25) is 0 Å². The molecule has 13 aliphatic heterocycles.